The highest BCUT2D eigenvalue weighted by atomic mass is 16.5. The van der Waals surface area contributed by atoms with Gasteiger partial charge in [-0.15, -0.1) is 0 Å². The average molecular weight is 246 g/mol. The number of aromatic nitrogens is 1. The molecule has 3 rings (SSSR count). The van der Waals surface area contributed by atoms with E-state index in [4.69, 9.17) is 14.9 Å². The largest absolute Gasteiger partial charge is 0.441 e. The number of benzene rings is 1. The molecule has 0 spiro atoms. The fourth-order valence-electron chi connectivity index (χ4n) is 2.64. The van der Waals surface area contributed by atoms with E-state index in [0.29, 0.717) is 18.4 Å². The zero-order chi connectivity index (χ0) is 12.8. The summed E-state index contributed by atoms with van der Waals surface area (Å²) in [6.07, 6.45) is 0. The molecule has 2 N–H and O–H groups in total. The Bertz CT molecular complexity index is 572. The number of ether oxygens (including phenoxy) is 1. The van der Waals surface area contributed by atoms with E-state index in [1.165, 1.54) is 5.56 Å². The minimum Gasteiger partial charge on any atom is -0.441 e. The van der Waals surface area contributed by atoms with Gasteiger partial charge in [-0.3, -0.25) is 0 Å². The summed E-state index contributed by atoms with van der Waals surface area (Å²) in [5.74, 6) is 1.10. The number of rotatable bonds is 3. The maximum atomic E-state index is 5.83. The van der Waals surface area contributed by atoms with Crippen LogP contribution in [0, 0.1) is 12.8 Å². The molecular weight excluding hydrogens is 228 g/mol. The maximum Gasteiger partial charge on any atom is 0.192 e. The van der Waals surface area contributed by atoms with Gasteiger partial charge in [0, 0.05) is 12.3 Å². The van der Waals surface area contributed by atoms with Crippen LogP contribution in [0.3, 0.4) is 0 Å². The smallest absolute Gasteiger partial charge is 0.192 e. The van der Waals surface area contributed by atoms with Gasteiger partial charge in [-0.25, -0.2) is 4.98 Å². The molecule has 1 aromatic heterocycles. The molecule has 2 aromatic rings. The molecular formula is C14H18N2O2. The third kappa shape index (κ3) is 1.56. The van der Waals surface area contributed by atoms with Crippen molar-refractivity contribution >= 4 is 11.1 Å². The van der Waals surface area contributed by atoms with E-state index >= 15 is 0 Å². The van der Waals surface area contributed by atoms with Gasteiger partial charge in [0.05, 0.1) is 13.2 Å². The van der Waals surface area contributed by atoms with Gasteiger partial charge >= 0.3 is 0 Å². The van der Waals surface area contributed by atoms with Gasteiger partial charge in [0.2, 0.25) is 0 Å². The molecule has 1 aliphatic rings. The van der Waals surface area contributed by atoms with Crippen molar-refractivity contribution in [3.05, 3.63) is 29.7 Å². The van der Waals surface area contributed by atoms with E-state index in [1.54, 1.807) is 0 Å². The Labute approximate surface area is 106 Å². The number of nitrogens with two attached hydrogens (primary N) is 1. The highest BCUT2D eigenvalue weighted by Gasteiger charge is 2.44. The Balaban J connectivity index is 2.07. The van der Waals surface area contributed by atoms with Crippen molar-refractivity contribution in [2.75, 3.05) is 19.8 Å². The molecule has 0 bridgehead atoms. The zero-order valence-corrected chi connectivity index (χ0v) is 10.8. The average Bonchev–Trinajstić information content (AvgIpc) is 2.66. The first kappa shape index (κ1) is 11.7. The molecule has 0 radical (unpaired) electrons. The Kier molecular flexibility index (Phi) is 2.64. The van der Waals surface area contributed by atoms with Crippen LogP contribution in [0.1, 0.15) is 18.4 Å². The molecule has 0 amide bonds. The summed E-state index contributed by atoms with van der Waals surface area (Å²) < 4.78 is 10.9. The van der Waals surface area contributed by atoms with Crippen molar-refractivity contribution in [3.8, 4) is 0 Å². The lowest BCUT2D eigenvalue weighted by molar-refractivity contribution is -0.0853. The third-order valence-corrected chi connectivity index (χ3v) is 4.09. The Morgan fingerprint density at radius 3 is 2.83 bits per heavy atom. The molecule has 1 atom stereocenters. The third-order valence-electron chi connectivity index (χ3n) is 4.09. The Hall–Kier alpha value is -1.39. The van der Waals surface area contributed by atoms with E-state index in [2.05, 4.69) is 24.0 Å². The molecule has 18 heavy (non-hydrogen) atoms. The molecule has 1 aliphatic heterocycles. The van der Waals surface area contributed by atoms with Crippen LogP contribution in [0.5, 0.6) is 0 Å². The normalized spacial score (nSPS) is 19.7. The van der Waals surface area contributed by atoms with Crippen LogP contribution in [0.2, 0.25) is 0 Å². The predicted molar refractivity (Wildman–Crippen MR) is 69.5 cm³/mol. The molecule has 1 fully saturated rings. The molecule has 96 valence electrons. The first-order valence-corrected chi connectivity index (χ1v) is 6.31. The molecule has 1 aromatic carbocycles. The second-order valence-electron chi connectivity index (χ2n) is 5.20. The van der Waals surface area contributed by atoms with Crippen LogP contribution in [0.4, 0.5) is 0 Å². The Morgan fingerprint density at radius 2 is 2.22 bits per heavy atom. The summed E-state index contributed by atoms with van der Waals surface area (Å²) >= 11 is 0. The van der Waals surface area contributed by atoms with E-state index in [0.717, 1.165) is 24.3 Å². The number of aryl methyl sites for hydroxylation is 1. The van der Waals surface area contributed by atoms with E-state index in [1.807, 2.05) is 13.0 Å². The fourth-order valence-corrected chi connectivity index (χ4v) is 2.64. The first-order chi connectivity index (χ1) is 8.65. The van der Waals surface area contributed by atoms with E-state index in [9.17, 15) is 0 Å². The minimum atomic E-state index is 0.0514. The second kappa shape index (κ2) is 4.07. The number of fused-ring (bicyclic) bond motifs is 1. The van der Waals surface area contributed by atoms with Crippen LogP contribution in [0.15, 0.2) is 22.6 Å². The first-order valence-electron chi connectivity index (χ1n) is 6.31. The van der Waals surface area contributed by atoms with Crippen molar-refractivity contribution in [2.24, 2.45) is 11.7 Å². The van der Waals surface area contributed by atoms with Gasteiger partial charge in [0.25, 0.3) is 0 Å². The standard InChI is InChI=1S/C14H18N2O2/c1-9(6-15)14(7-17-8-14)11-3-4-13-12(5-11)16-10(2)18-13/h3-5,9H,6-8,15H2,1-2H3. The summed E-state index contributed by atoms with van der Waals surface area (Å²) in [7, 11) is 0. The molecule has 4 heteroatoms. The SMILES string of the molecule is Cc1nc2cc(C3(C(C)CN)COC3)ccc2o1. The van der Waals surface area contributed by atoms with Crippen LogP contribution >= 0.6 is 0 Å². The van der Waals surface area contributed by atoms with E-state index < -0.39 is 0 Å². The van der Waals surface area contributed by atoms with Crippen LogP contribution in [-0.2, 0) is 10.2 Å². The molecule has 4 nitrogen and oxygen atoms in total. The van der Waals surface area contributed by atoms with Crippen molar-refractivity contribution < 1.29 is 9.15 Å². The van der Waals surface area contributed by atoms with Crippen LogP contribution in [-0.4, -0.2) is 24.7 Å². The van der Waals surface area contributed by atoms with Crippen LogP contribution < -0.4 is 5.73 Å². The fraction of sp³-hybridized carbons (Fsp3) is 0.500. The minimum absolute atomic E-state index is 0.0514. The summed E-state index contributed by atoms with van der Waals surface area (Å²) in [6.45, 7) is 6.20. The summed E-state index contributed by atoms with van der Waals surface area (Å²) in [5.41, 5.74) is 8.90. The van der Waals surface area contributed by atoms with Gasteiger partial charge in [0.15, 0.2) is 11.5 Å². The van der Waals surface area contributed by atoms with Crippen molar-refractivity contribution in [2.45, 2.75) is 19.3 Å². The number of oxazole rings is 1. The quantitative estimate of drug-likeness (QED) is 0.899. The summed E-state index contributed by atoms with van der Waals surface area (Å²) in [5, 5.41) is 0. The van der Waals surface area contributed by atoms with Gasteiger partial charge in [-0.1, -0.05) is 13.0 Å². The summed E-state index contributed by atoms with van der Waals surface area (Å²) in [6, 6.07) is 6.22. The highest BCUT2D eigenvalue weighted by Crippen LogP contribution is 2.40. The summed E-state index contributed by atoms with van der Waals surface area (Å²) in [4.78, 5) is 4.39. The lowest BCUT2D eigenvalue weighted by atomic mass is 9.69. The van der Waals surface area contributed by atoms with Gasteiger partial charge in [-0.05, 0) is 30.2 Å². The topological polar surface area (TPSA) is 61.3 Å². The Morgan fingerprint density at radius 1 is 1.44 bits per heavy atom. The van der Waals surface area contributed by atoms with E-state index in [-0.39, 0.29) is 5.41 Å². The monoisotopic (exact) mass is 246 g/mol. The van der Waals surface area contributed by atoms with Gasteiger partial charge in [0.1, 0.15) is 5.52 Å². The van der Waals surface area contributed by atoms with Crippen molar-refractivity contribution in [3.63, 3.8) is 0 Å². The highest BCUT2D eigenvalue weighted by molar-refractivity contribution is 5.74. The van der Waals surface area contributed by atoms with Crippen LogP contribution in [0.25, 0.3) is 11.1 Å². The second-order valence-corrected chi connectivity index (χ2v) is 5.20. The molecule has 0 aliphatic carbocycles. The molecule has 1 saturated heterocycles. The van der Waals surface area contributed by atoms with Crippen molar-refractivity contribution in [1.82, 2.24) is 4.98 Å². The predicted octanol–water partition coefficient (Wildman–Crippen LogP) is 2.00. The molecule has 2 heterocycles. The van der Waals surface area contributed by atoms with Crippen molar-refractivity contribution in [1.29, 1.82) is 0 Å². The lowest BCUT2D eigenvalue weighted by Gasteiger charge is -2.46. The van der Waals surface area contributed by atoms with Gasteiger partial charge < -0.3 is 14.9 Å². The number of nitrogens with zero attached hydrogens (tertiary/aromatic N) is 1. The maximum absolute atomic E-state index is 5.83. The molecule has 0 saturated carbocycles. The number of hydrogen-bond donors (Lipinski definition) is 1. The van der Waals surface area contributed by atoms with Gasteiger partial charge in [-0.2, -0.15) is 0 Å². The molecule has 1 unspecified atom stereocenters. The lowest BCUT2D eigenvalue weighted by Crippen LogP contribution is -2.53. The zero-order valence-electron chi connectivity index (χ0n) is 10.8. The number of hydrogen-bond acceptors (Lipinski definition) is 4.